The van der Waals surface area contributed by atoms with Crippen LogP contribution in [0.25, 0.3) is 22.8 Å². The van der Waals surface area contributed by atoms with E-state index in [-0.39, 0.29) is 24.7 Å². The first-order valence-corrected chi connectivity index (χ1v) is 12.3. The minimum Gasteiger partial charge on any atom is -0.356 e. The zero-order valence-corrected chi connectivity index (χ0v) is 20.6. The van der Waals surface area contributed by atoms with Crippen molar-refractivity contribution in [2.75, 3.05) is 22.9 Å². The Morgan fingerprint density at radius 3 is 2.45 bits per heavy atom. The van der Waals surface area contributed by atoms with Crippen LogP contribution in [0, 0.1) is 0 Å². The lowest BCUT2D eigenvalue weighted by Gasteiger charge is -2.20. The summed E-state index contributed by atoms with van der Waals surface area (Å²) in [4.78, 5) is 34.4. The lowest BCUT2D eigenvalue weighted by molar-refractivity contribution is -0.140. The van der Waals surface area contributed by atoms with Crippen molar-refractivity contribution in [1.82, 2.24) is 24.5 Å². The number of pyridine rings is 1. The Morgan fingerprint density at radius 2 is 1.74 bits per heavy atom. The van der Waals surface area contributed by atoms with Crippen LogP contribution in [0.5, 0.6) is 0 Å². The van der Waals surface area contributed by atoms with Crippen LogP contribution in [0.1, 0.15) is 29.7 Å². The van der Waals surface area contributed by atoms with Crippen molar-refractivity contribution in [2.45, 2.75) is 32.0 Å². The van der Waals surface area contributed by atoms with Crippen molar-refractivity contribution in [3.05, 3.63) is 71.8 Å². The van der Waals surface area contributed by atoms with Crippen LogP contribution in [0.2, 0.25) is 0 Å². The molecular formula is C27H24F3N7O. The summed E-state index contributed by atoms with van der Waals surface area (Å²) in [5.41, 5.74) is 2.02. The molecule has 1 aromatic carbocycles. The molecule has 6 rings (SSSR count). The number of aromatic nitrogens is 5. The molecule has 5 heterocycles. The van der Waals surface area contributed by atoms with E-state index in [9.17, 15) is 18.0 Å². The predicted octanol–water partition coefficient (Wildman–Crippen LogP) is 4.65. The van der Waals surface area contributed by atoms with Crippen molar-refractivity contribution in [1.29, 1.82) is 0 Å². The van der Waals surface area contributed by atoms with Gasteiger partial charge in [-0.15, -0.1) is 0 Å². The summed E-state index contributed by atoms with van der Waals surface area (Å²) in [7, 11) is 1.53. The van der Waals surface area contributed by atoms with E-state index in [2.05, 4.69) is 19.9 Å². The van der Waals surface area contributed by atoms with Crippen LogP contribution in [-0.4, -0.2) is 43.5 Å². The fourth-order valence-corrected chi connectivity index (χ4v) is 4.99. The zero-order valence-electron chi connectivity index (χ0n) is 20.6. The van der Waals surface area contributed by atoms with Gasteiger partial charge in [0.15, 0.2) is 11.5 Å². The number of amides is 1. The highest BCUT2D eigenvalue weighted by molar-refractivity contribution is 6.00. The van der Waals surface area contributed by atoms with Crippen LogP contribution in [-0.2, 0) is 31.0 Å². The van der Waals surface area contributed by atoms with Gasteiger partial charge in [-0.3, -0.25) is 9.69 Å². The summed E-state index contributed by atoms with van der Waals surface area (Å²) < 4.78 is 40.5. The highest BCUT2D eigenvalue weighted by atomic mass is 19.4. The first kappa shape index (κ1) is 24.1. The third kappa shape index (κ3) is 4.37. The number of fused-ring (bicyclic) bond motifs is 1. The van der Waals surface area contributed by atoms with Gasteiger partial charge in [0.1, 0.15) is 17.5 Å². The summed E-state index contributed by atoms with van der Waals surface area (Å²) >= 11 is 0. The Hall–Kier alpha value is -4.28. The van der Waals surface area contributed by atoms with Gasteiger partial charge in [0.05, 0.1) is 18.5 Å². The van der Waals surface area contributed by atoms with Crippen LogP contribution >= 0.6 is 0 Å². The maximum absolute atomic E-state index is 13.1. The van der Waals surface area contributed by atoms with E-state index in [4.69, 9.17) is 4.98 Å². The van der Waals surface area contributed by atoms with E-state index in [1.807, 2.05) is 12.1 Å². The van der Waals surface area contributed by atoms with Gasteiger partial charge in [-0.1, -0.05) is 24.3 Å². The molecule has 0 aliphatic carbocycles. The quantitative estimate of drug-likeness (QED) is 0.382. The molecule has 1 fully saturated rings. The average molecular weight is 520 g/mol. The minimum absolute atomic E-state index is 0.0830. The Morgan fingerprint density at radius 1 is 0.974 bits per heavy atom. The Bertz CT molecular complexity index is 1510. The van der Waals surface area contributed by atoms with Crippen molar-refractivity contribution in [3.8, 4) is 22.8 Å². The molecule has 2 aliphatic rings. The molecule has 0 saturated carbocycles. The van der Waals surface area contributed by atoms with Gasteiger partial charge in [0, 0.05) is 49.9 Å². The van der Waals surface area contributed by atoms with Crippen LogP contribution in [0.3, 0.4) is 0 Å². The summed E-state index contributed by atoms with van der Waals surface area (Å²) in [5.74, 6) is 2.07. The number of hydrogen-bond donors (Lipinski definition) is 0. The second kappa shape index (κ2) is 9.23. The second-order valence-electron chi connectivity index (χ2n) is 9.52. The molecule has 2 aliphatic heterocycles. The first-order valence-electron chi connectivity index (χ1n) is 12.3. The lowest BCUT2D eigenvalue weighted by atomic mass is 10.1. The number of imidazole rings is 1. The normalized spacial score (nSPS) is 15.4. The van der Waals surface area contributed by atoms with Crippen molar-refractivity contribution in [2.24, 2.45) is 7.05 Å². The number of nitrogens with zero attached hydrogens (tertiary/aromatic N) is 7. The van der Waals surface area contributed by atoms with Crippen molar-refractivity contribution in [3.63, 3.8) is 0 Å². The predicted molar refractivity (Wildman–Crippen MR) is 135 cm³/mol. The van der Waals surface area contributed by atoms with Crippen molar-refractivity contribution < 1.29 is 18.0 Å². The maximum atomic E-state index is 13.1. The minimum atomic E-state index is -4.51. The monoisotopic (exact) mass is 519 g/mol. The molecule has 4 aromatic rings. The number of alkyl halides is 3. The Kier molecular flexibility index (Phi) is 5.85. The number of hydrogen-bond acceptors (Lipinski definition) is 6. The number of carbonyl (C=O) groups is 1. The molecule has 0 N–H and O–H groups in total. The van der Waals surface area contributed by atoms with Gasteiger partial charge in [0.25, 0.3) is 0 Å². The largest absolute Gasteiger partial charge is 0.434 e. The molecule has 0 bridgehead atoms. The van der Waals surface area contributed by atoms with Crippen LogP contribution in [0.4, 0.5) is 24.8 Å². The number of benzene rings is 1. The van der Waals surface area contributed by atoms with Gasteiger partial charge >= 0.3 is 6.18 Å². The fourth-order valence-electron chi connectivity index (χ4n) is 4.99. The van der Waals surface area contributed by atoms with E-state index in [1.165, 1.54) is 11.6 Å². The van der Waals surface area contributed by atoms with E-state index in [0.717, 1.165) is 54.6 Å². The number of carbonyl (C=O) groups excluding carboxylic acids is 1. The molecule has 0 radical (unpaired) electrons. The van der Waals surface area contributed by atoms with E-state index < -0.39 is 11.9 Å². The molecule has 38 heavy (non-hydrogen) atoms. The topological polar surface area (TPSA) is 80.0 Å². The molecule has 3 aromatic heterocycles. The number of rotatable bonds is 5. The lowest BCUT2D eigenvalue weighted by Crippen LogP contribution is -2.26. The Balaban J connectivity index is 1.27. The first-order chi connectivity index (χ1) is 18.3. The van der Waals surface area contributed by atoms with Crippen LogP contribution < -0.4 is 9.80 Å². The summed E-state index contributed by atoms with van der Waals surface area (Å²) in [5, 5.41) is 0. The summed E-state index contributed by atoms with van der Waals surface area (Å²) in [6, 6.07) is 10.8. The molecule has 8 nitrogen and oxygen atoms in total. The van der Waals surface area contributed by atoms with Gasteiger partial charge in [-0.2, -0.15) is 13.2 Å². The molecule has 0 atom stereocenters. The van der Waals surface area contributed by atoms with Gasteiger partial charge in [0.2, 0.25) is 5.91 Å². The highest BCUT2D eigenvalue weighted by Gasteiger charge is 2.35. The van der Waals surface area contributed by atoms with Crippen molar-refractivity contribution >= 4 is 17.5 Å². The Labute approximate surface area is 216 Å². The van der Waals surface area contributed by atoms with E-state index >= 15 is 0 Å². The van der Waals surface area contributed by atoms with Gasteiger partial charge in [-0.25, -0.2) is 19.9 Å². The number of anilines is 2. The molecule has 1 saturated heterocycles. The van der Waals surface area contributed by atoms with E-state index in [0.29, 0.717) is 17.2 Å². The molecule has 194 valence electrons. The summed E-state index contributed by atoms with van der Waals surface area (Å²) in [6.45, 7) is 2.15. The summed E-state index contributed by atoms with van der Waals surface area (Å²) in [6.07, 6.45) is 2.38. The maximum Gasteiger partial charge on any atom is 0.434 e. The fraction of sp³-hybridized carbons (Fsp3) is 0.296. The number of aryl methyl sites for hydroxylation is 1. The van der Waals surface area contributed by atoms with Crippen LogP contribution in [0.15, 0.2) is 55.0 Å². The van der Waals surface area contributed by atoms with E-state index in [1.54, 1.807) is 41.6 Å². The molecular weight excluding hydrogens is 495 g/mol. The molecule has 0 spiro atoms. The smallest absolute Gasteiger partial charge is 0.356 e. The number of halogens is 3. The molecule has 0 unspecified atom stereocenters. The SMILES string of the molecule is Cn1cc(C(F)(F)F)nc1-c1ccc(CN2C(=O)Cc3cnc(-c4cccnc4N4CCCC4)nc32)cc1. The third-order valence-electron chi connectivity index (χ3n) is 6.89. The highest BCUT2D eigenvalue weighted by Crippen LogP contribution is 2.34. The van der Waals surface area contributed by atoms with Gasteiger partial charge < -0.3 is 9.47 Å². The average Bonchev–Trinajstić information content (AvgIpc) is 3.64. The standard InChI is InChI=1S/C27H24F3N7O/c1-35-16-21(27(28,29)30)33-24(35)18-8-6-17(7-9-18)15-37-22(38)13-19-14-32-23(34-25(19)37)20-5-4-10-31-26(20)36-11-2-3-12-36/h4-10,14,16H,2-3,11-13,15H2,1H3. The third-order valence-corrected chi connectivity index (χ3v) is 6.89. The molecule has 11 heteroatoms. The molecule has 1 amide bonds. The van der Waals surface area contributed by atoms with Gasteiger partial charge in [-0.05, 0) is 30.5 Å². The second-order valence-corrected chi connectivity index (χ2v) is 9.52. The zero-order chi connectivity index (χ0) is 26.4.